The quantitative estimate of drug-likeness (QED) is 0.140. The van der Waals surface area contributed by atoms with Crippen molar-refractivity contribution in [3.8, 4) is 40.1 Å². The van der Waals surface area contributed by atoms with E-state index in [0.717, 1.165) is 6.07 Å². The number of aliphatic hydroxyl groups excluding tert-OH is 6. The molecule has 0 unspecified atom stereocenters. The summed E-state index contributed by atoms with van der Waals surface area (Å²) >= 11 is 0. The van der Waals surface area contributed by atoms with Gasteiger partial charge in [0.05, 0.1) is 12.7 Å². The van der Waals surface area contributed by atoms with E-state index in [9.17, 15) is 55.9 Å². The summed E-state index contributed by atoms with van der Waals surface area (Å²) < 4.78 is 27.8. The molecule has 2 aliphatic rings. The molecule has 0 amide bonds. The standard InChI is InChI=1S/C27H30O16/c1-8-15(30)20(35)22(37)26(40-8)39-7-13-17(32)21(36)23(38)27(42-13)43-25-19(34)14-12(6-11(29)16(31)18(14)33)41-24(25)9-3-2-4-10(28)5-9/h2-6,8,13,15,17,20-23,26-33,35-38H,7H2,1H3/t8-,13-,15-,17-,20+,21+,22+,23-,26+,27+/m1/s1. The molecule has 0 bridgehead atoms. The second kappa shape index (κ2) is 11.8. The Morgan fingerprint density at radius 2 is 1.47 bits per heavy atom. The highest BCUT2D eigenvalue weighted by Crippen LogP contribution is 2.43. The van der Waals surface area contributed by atoms with Gasteiger partial charge in [-0.1, -0.05) is 12.1 Å². The molecular formula is C27H30O16. The Hall–Kier alpha value is -3.71. The van der Waals surface area contributed by atoms with E-state index in [1.165, 1.54) is 31.2 Å². The lowest BCUT2D eigenvalue weighted by atomic mass is 9.98. The smallest absolute Gasteiger partial charge is 0.239 e. The number of aliphatic hydroxyl groups is 6. The number of benzene rings is 2. The van der Waals surface area contributed by atoms with Crippen LogP contribution in [0, 0.1) is 0 Å². The van der Waals surface area contributed by atoms with Gasteiger partial charge in [-0.05, 0) is 19.1 Å². The van der Waals surface area contributed by atoms with Crippen molar-refractivity contribution >= 4 is 11.0 Å². The average molecular weight is 611 g/mol. The lowest BCUT2D eigenvalue weighted by Crippen LogP contribution is -2.61. The predicted molar refractivity (Wildman–Crippen MR) is 140 cm³/mol. The van der Waals surface area contributed by atoms with Gasteiger partial charge in [-0.15, -0.1) is 0 Å². The van der Waals surface area contributed by atoms with Gasteiger partial charge in [0, 0.05) is 11.6 Å². The molecule has 16 heteroatoms. The fraction of sp³-hybridized carbons (Fsp3) is 0.444. The summed E-state index contributed by atoms with van der Waals surface area (Å²) in [5, 5.41) is 102. The summed E-state index contributed by atoms with van der Waals surface area (Å²) in [5.41, 5.74) is -1.44. The number of fused-ring (bicyclic) bond motifs is 1. The Kier molecular flexibility index (Phi) is 8.41. The SMILES string of the molecule is C[C@H]1O[C@H](OC[C@H]2O[C@@H](Oc3c(-c4cccc(O)c4)oc4cc(O)c(O)c(O)c4c3=O)[C@H](O)[C@@H](O)[C@@H]2O)[C@@H](O)[C@@H](O)[C@@H]1O. The first-order valence-corrected chi connectivity index (χ1v) is 13.0. The van der Waals surface area contributed by atoms with Gasteiger partial charge in [-0.2, -0.15) is 0 Å². The number of hydrogen-bond acceptors (Lipinski definition) is 16. The largest absolute Gasteiger partial charge is 0.508 e. The Balaban J connectivity index is 1.49. The van der Waals surface area contributed by atoms with Gasteiger partial charge in [0.15, 0.2) is 23.5 Å². The molecule has 0 aliphatic carbocycles. The molecule has 234 valence electrons. The van der Waals surface area contributed by atoms with Crippen LogP contribution in [0.1, 0.15) is 6.92 Å². The molecule has 0 spiro atoms. The lowest BCUT2D eigenvalue weighted by Gasteiger charge is -2.42. The van der Waals surface area contributed by atoms with Crippen molar-refractivity contribution < 1.29 is 74.4 Å². The molecular weight excluding hydrogens is 580 g/mol. The summed E-state index contributed by atoms with van der Waals surface area (Å²) in [6.07, 6.45) is -16.2. The normalized spacial score (nSPS) is 33.0. The monoisotopic (exact) mass is 610 g/mol. The highest BCUT2D eigenvalue weighted by atomic mass is 16.7. The Labute approximate surface area is 241 Å². The summed E-state index contributed by atoms with van der Waals surface area (Å²) in [5.74, 6) is -4.22. The van der Waals surface area contributed by atoms with Crippen LogP contribution >= 0.6 is 0 Å². The van der Waals surface area contributed by atoms with Crippen LogP contribution in [0.4, 0.5) is 0 Å². The van der Waals surface area contributed by atoms with Crippen molar-refractivity contribution in [2.45, 2.75) is 68.3 Å². The van der Waals surface area contributed by atoms with Crippen molar-refractivity contribution in [1.29, 1.82) is 0 Å². The van der Waals surface area contributed by atoms with E-state index in [1.807, 2.05) is 0 Å². The molecule has 43 heavy (non-hydrogen) atoms. The molecule has 5 rings (SSSR count). The van der Waals surface area contributed by atoms with E-state index in [4.69, 9.17) is 23.4 Å². The number of aromatic hydroxyl groups is 4. The van der Waals surface area contributed by atoms with Gasteiger partial charge in [-0.25, -0.2) is 0 Å². The van der Waals surface area contributed by atoms with Crippen LogP contribution in [-0.2, 0) is 14.2 Å². The van der Waals surface area contributed by atoms with Crippen molar-refractivity contribution in [3.63, 3.8) is 0 Å². The first kappa shape index (κ1) is 30.7. The van der Waals surface area contributed by atoms with Crippen molar-refractivity contribution in [2.24, 2.45) is 0 Å². The Bertz CT molecular complexity index is 1540. The third kappa shape index (κ3) is 5.55. The number of hydrogen-bond donors (Lipinski definition) is 10. The molecule has 2 aromatic carbocycles. The fourth-order valence-electron chi connectivity index (χ4n) is 4.85. The van der Waals surface area contributed by atoms with Gasteiger partial charge >= 0.3 is 0 Å². The topological polar surface area (TPSA) is 269 Å². The predicted octanol–water partition coefficient (Wildman–Crippen LogP) is -1.69. The highest BCUT2D eigenvalue weighted by Gasteiger charge is 2.48. The van der Waals surface area contributed by atoms with Gasteiger partial charge in [0.1, 0.15) is 59.4 Å². The van der Waals surface area contributed by atoms with E-state index >= 15 is 0 Å². The van der Waals surface area contributed by atoms with Gasteiger partial charge in [0.25, 0.3) is 0 Å². The maximum absolute atomic E-state index is 13.6. The lowest BCUT2D eigenvalue weighted by molar-refractivity contribution is -0.318. The minimum atomic E-state index is -1.98. The summed E-state index contributed by atoms with van der Waals surface area (Å²) in [7, 11) is 0. The summed E-state index contributed by atoms with van der Waals surface area (Å²) in [6.45, 7) is 0.811. The Morgan fingerprint density at radius 3 is 2.16 bits per heavy atom. The minimum absolute atomic E-state index is 0.0603. The third-order valence-corrected chi connectivity index (χ3v) is 7.31. The van der Waals surface area contributed by atoms with Crippen molar-refractivity contribution in [1.82, 2.24) is 0 Å². The number of rotatable bonds is 6. The van der Waals surface area contributed by atoms with E-state index in [1.54, 1.807) is 0 Å². The van der Waals surface area contributed by atoms with Gasteiger partial charge in [-0.3, -0.25) is 4.79 Å². The second-order valence-corrected chi connectivity index (χ2v) is 10.3. The Morgan fingerprint density at radius 1 is 0.791 bits per heavy atom. The molecule has 2 saturated heterocycles. The summed E-state index contributed by atoms with van der Waals surface area (Å²) in [4.78, 5) is 13.6. The zero-order chi connectivity index (χ0) is 31.3. The summed E-state index contributed by atoms with van der Waals surface area (Å²) in [6, 6.07) is 6.18. The van der Waals surface area contributed by atoms with Gasteiger partial charge in [0.2, 0.25) is 23.2 Å². The third-order valence-electron chi connectivity index (χ3n) is 7.31. The van der Waals surface area contributed by atoms with E-state index in [0.29, 0.717) is 0 Å². The number of phenols is 4. The van der Waals surface area contributed by atoms with Crippen LogP contribution in [0.5, 0.6) is 28.7 Å². The molecule has 2 aliphatic heterocycles. The van der Waals surface area contributed by atoms with Crippen LogP contribution < -0.4 is 10.2 Å². The zero-order valence-corrected chi connectivity index (χ0v) is 22.3. The highest BCUT2D eigenvalue weighted by molar-refractivity contribution is 5.91. The zero-order valence-electron chi connectivity index (χ0n) is 22.3. The van der Waals surface area contributed by atoms with E-state index in [2.05, 4.69) is 0 Å². The van der Waals surface area contributed by atoms with Crippen LogP contribution in [0.25, 0.3) is 22.3 Å². The first-order chi connectivity index (χ1) is 20.3. The first-order valence-electron chi connectivity index (χ1n) is 13.0. The maximum Gasteiger partial charge on any atom is 0.239 e. The molecule has 0 saturated carbocycles. The van der Waals surface area contributed by atoms with Crippen LogP contribution in [0.15, 0.2) is 39.5 Å². The van der Waals surface area contributed by atoms with Crippen molar-refractivity contribution in [3.05, 3.63) is 40.6 Å². The van der Waals surface area contributed by atoms with Crippen molar-refractivity contribution in [2.75, 3.05) is 6.61 Å². The van der Waals surface area contributed by atoms with Crippen LogP contribution in [0.2, 0.25) is 0 Å². The molecule has 0 radical (unpaired) electrons. The second-order valence-electron chi connectivity index (χ2n) is 10.3. The van der Waals surface area contributed by atoms with E-state index in [-0.39, 0.29) is 22.7 Å². The van der Waals surface area contributed by atoms with Crippen LogP contribution in [0.3, 0.4) is 0 Å². The molecule has 10 N–H and O–H groups in total. The van der Waals surface area contributed by atoms with Gasteiger partial charge < -0.3 is 74.4 Å². The molecule has 3 heterocycles. The van der Waals surface area contributed by atoms with E-state index < -0.39 is 102 Å². The molecule has 16 nitrogen and oxygen atoms in total. The molecule has 3 aromatic rings. The fourth-order valence-corrected chi connectivity index (χ4v) is 4.85. The maximum atomic E-state index is 13.6. The molecule has 10 atom stereocenters. The van der Waals surface area contributed by atoms with Crippen LogP contribution in [-0.4, -0.2) is 119 Å². The molecule has 2 fully saturated rings. The molecule has 1 aromatic heterocycles. The number of ether oxygens (including phenoxy) is 4. The average Bonchev–Trinajstić information content (AvgIpc) is 2.97. The number of phenolic OH excluding ortho intramolecular Hbond substituents is 4. The minimum Gasteiger partial charge on any atom is -0.508 e.